The first-order valence-electron chi connectivity index (χ1n) is 8.07. The lowest BCUT2D eigenvalue weighted by atomic mass is 10.0. The van der Waals surface area contributed by atoms with Crippen LogP contribution in [0.4, 0.5) is 5.00 Å². The lowest BCUT2D eigenvalue weighted by molar-refractivity contribution is -0.895. The number of ether oxygens (including phenoxy) is 1. The van der Waals surface area contributed by atoms with Crippen LogP contribution < -0.4 is 20.3 Å². The molecule has 3 heterocycles. The van der Waals surface area contributed by atoms with E-state index in [4.69, 9.17) is 16.3 Å². The molecule has 6 nitrogen and oxygen atoms in total. The first kappa shape index (κ1) is 16.5. The number of fused-ring (bicyclic) bond motifs is 3. The number of rotatable bonds is 2. The number of phenolic OH excluding ortho intramolecular Hbond substituents is 1. The van der Waals surface area contributed by atoms with E-state index in [1.54, 1.807) is 23.5 Å². The summed E-state index contributed by atoms with van der Waals surface area (Å²) < 4.78 is 5.16. The number of likely N-dealkylation sites (N-methyl/N-ethyl adjacent to an activating group) is 1. The number of carbonyl (C=O) groups excluding carboxylic acids is 1. The zero-order chi connectivity index (χ0) is 17.7. The van der Waals surface area contributed by atoms with Gasteiger partial charge in [0.2, 0.25) is 0 Å². The predicted octanol–water partition coefficient (Wildman–Crippen LogP) is 1.54. The minimum Gasteiger partial charge on any atom is -0.504 e. The Labute approximate surface area is 154 Å². The summed E-state index contributed by atoms with van der Waals surface area (Å²) in [5.41, 5.74) is 2.39. The number of quaternary nitrogens is 1. The number of halogens is 1. The van der Waals surface area contributed by atoms with Crippen molar-refractivity contribution in [1.82, 2.24) is 5.32 Å². The Kier molecular flexibility index (Phi) is 4.02. The van der Waals surface area contributed by atoms with E-state index < -0.39 is 6.17 Å². The number of aromatic hydroxyl groups is 1. The molecule has 1 amide bonds. The van der Waals surface area contributed by atoms with Crippen molar-refractivity contribution in [3.8, 4) is 11.5 Å². The standard InChI is InChI=1S/C17H18ClN3O3S/c1-21-4-3-9-12(7-21)25-17-13(9)16(23)19-15(20-17)10-5-8(18)6-11(24-2)14(10)22/h5-6,15,20,22H,3-4,7H2,1-2H3,(H,19,23)/p+1/t15-/m0/s1. The fourth-order valence-electron chi connectivity index (χ4n) is 3.46. The van der Waals surface area contributed by atoms with E-state index in [0.717, 1.165) is 35.6 Å². The molecular formula is C17H19ClN3O3S+. The number of carbonyl (C=O) groups is 1. The summed E-state index contributed by atoms with van der Waals surface area (Å²) in [6.07, 6.45) is 0.348. The molecule has 132 valence electrons. The van der Waals surface area contributed by atoms with Crippen molar-refractivity contribution in [3.63, 3.8) is 0 Å². The molecule has 4 rings (SSSR count). The molecule has 2 atom stereocenters. The van der Waals surface area contributed by atoms with Crippen molar-refractivity contribution in [2.75, 3.05) is 26.0 Å². The number of methoxy groups -OCH3 is 1. The van der Waals surface area contributed by atoms with Crippen LogP contribution in [-0.4, -0.2) is 31.7 Å². The molecule has 4 N–H and O–H groups in total. The van der Waals surface area contributed by atoms with Crippen LogP contribution in [0.5, 0.6) is 11.5 Å². The van der Waals surface area contributed by atoms with Crippen molar-refractivity contribution < 1.29 is 19.5 Å². The van der Waals surface area contributed by atoms with Gasteiger partial charge in [-0.05, 0) is 11.6 Å². The summed E-state index contributed by atoms with van der Waals surface area (Å²) in [6.45, 7) is 1.96. The molecule has 0 saturated heterocycles. The highest BCUT2D eigenvalue weighted by molar-refractivity contribution is 7.16. The first-order valence-corrected chi connectivity index (χ1v) is 9.27. The number of hydrogen-bond donors (Lipinski definition) is 4. The zero-order valence-electron chi connectivity index (χ0n) is 13.9. The van der Waals surface area contributed by atoms with Gasteiger partial charge in [-0.1, -0.05) is 11.6 Å². The quantitative estimate of drug-likeness (QED) is 0.637. The van der Waals surface area contributed by atoms with Crippen molar-refractivity contribution in [2.45, 2.75) is 19.1 Å². The van der Waals surface area contributed by atoms with Crippen LogP contribution in [0.25, 0.3) is 0 Å². The second-order valence-corrected chi connectivity index (χ2v) is 7.98. The largest absolute Gasteiger partial charge is 0.504 e. The van der Waals surface area contributed by atoms with Gasteiger partial charge < -0.3 is 25.4 Å². The SMILES string of the molecule is COc1cc(Cl)cc([C@H]2NC(=O)c3c(sc4c3CC[NH+](C)C4)N2)c1O. The number of nitrogens with one attached hydrogen (secondary N) is 3. The first-order chi connectivity index (χ1) is 12.0. The number of hydrogen-bond acceptors (Lipinski definition) is 5. The Morgan fingerprint density at radius 3 is 2.96 bits per heavy atom. The fourth-order valence-corrected chi connectivity index (χ4v) is 5.06. The second kappa shape index (κ2) is 6.09. The Bertz CT molecular complexity index is 867. The normalized spacial score (nSPS) is 21.8. The van der Waals surface area contributed by atoms with Crippen LogP contribution in [0.15, 0.2) is 12.1 Å². The van der Waals surface area contributed by atoms with E-state index in [1.165, 1.54) is 16.9 Å². The molecule has 25 heavy (non-hydrogen) atoms. The Morgan fingerprint density at radius 2 is 2.20 bits per heavy atom. The van der Waals surface area contributed by atoms with Crippen LogP contribution >= 0.6 is 22.9 Å². The van der Waals surface area contributed by atoms with E-state index >= 15 is 0 Å². The summed E-state index contributed by atoms with van der Waals surface area (Å²) in [5, 5.41) is 18.0. The molecule has 0 radical (unpaired) electrons. The van der Waals surface area contributed by atoms with Gasteiger partial charge in [-0.25, -0.2) is 0 Å². The number of phenols is 1. The third-order valence-corrected chi connectivity index (χ3v) is 6.11. The molecule has 1 unspecified atom stereocenters. The maximum absolute atomic E-state index is 12.7. The molecular weight excluding hydrogens is 362 g/mol. The Hall–Kier alpha value is -1.96. The van der Waals surface area contributed by atoms with Crippen LogP contribution in [0, 0.1) is 0 Å². The summed E-state index contributed by atoms with van der Waals surface area (Å²) in [5.74, 6) is 0.132. The molecule has 0 fully saturated rings. The van der Waals surface area contributed by atoms with E-state index in [9.17, 15) is 9.90 Å². The van der Waals surface area contributed by atoms with E-state index in [2.05, 4.69) is 17.7 Å². The van der Waals surface area contributed by atoms with Gasteiger partial charge >= 0.3 is 0 Å². The van der Waals surface area contributed by atoms with Crippen LogP contribution in [0.2, 0.25) is 5.02 Å². The molecule has 0 bridgehead atoms. The molecule has 1 aromatic carbocycles. The van der Waals surface area contributed by atoms with Crippen molar-refractivity contribution in [1.29, 1.82) is 0 Å². The van der Waals surface area contributed by atoms with Gasteiger partial charge in [0.15, 0.2) is 11.5 Å². The number of anilines is 1. The van der Waals surface area contributed by atoms with Gasteiger partial charge in [0.1, 0.15) is 17.7 Å². The van der Waals surface area contributed by atoms with E-state index in [1.807, 2.05) is 0 Å². The minimum atomic E-state index is -0.558. The average molecular weight is 381 g/mol. The number of thiophene rings is 1. The van der Waals surface area contributed by atoms with Gasteiger partial charge in [-0.2, -0.15) is 0 Å². The Balaban J connectivity index is 1.73. The molecule has 0 spiro atoms. The average Bonchev–Trinajstić information content (AvgIpc) is 2.94. The minimum absolute atomic E-state index is 0.0290. The zero-order valence-corrected chi connectivity index (χ0v) is 15.5. The molecule has 0 aliphatic carbocycles. The van der Waals surface area contributed by atoms with Gasteiger partial charge in [0.05, 0.1) is 31.1 Å². The Morgan fingerprint density at radius 1 is 1.40 bits per heavy atom. The third kappa shape index (κ3) is 2.72. The summed E-state index contributed by atoms with van der Waals surface area (Å²) in [6, 6.07) is 3.17. The third-order valence-electron chi connectivity index (χ3n) is 4.73. The summed E-state index contributed by atoms with van der Waals surface area (Å²) in [4.78, 5) is 15.4. The highest BCUT2D eigenvalue weighted by Gasteiger charge is 2.35. The summed E-state index contributed by atoms with van der Waals surface area (Å²) >= 11 is 7.75. The highest BCUT2D eigenvalue weighted by Crippen LogP contribution is 2.42. The van der Waals surface area contributed by atoms with Crippen LogP contribution in [0.1, 0.15) is 32.5 Å². The molecule has 8 heteroatoms. The van der Waals surface area contributed by atoms with Gasteiger partial charge in [-0.3, -0.25) is 4.79 Å². The predicted molar refractivity (Wildman–Crippen MR) is 97.0 cm³/mol. The topological polar surface area (TPSA) is 75.0 Å². The monoisotopic (exact) mass is 380 g/mol. The maximum atomic E-state index is 12.7. The van der Waals surface area contributed by atoms with Crippen molar-refractivity contribution >= 4 is 33.8 Å². The van der Waals surface area contributed by atoms with Crippen LogP contribution in [-0.2, 0) is 13.0 Å². The fraction of sp³-hybridized carbons (Fsp3) is 0.353. The van der Waals surface area contributed by atoms with Crippen molar-refractivity contribution in [3.05, 3.63) is 38.7 Å². The molecule has 2 aliphatic heterocycles. The smallest absolute Gasteiger partial charge is 0.256 e. The second-order valence-electron chi connectivity index (χ2n) is 6.44. The van der Waals surface area contributed by atoms with Crippen molar-refractivity contribution in [2.24, 2.45) is 0 Å². The molecule has 1 aromatic heterocycles. The lowest BCUT2D eigenvalue weighted by Crippen LogP contribution is -3.08. The highest BCUT2D eigenvalue weighted by atomic mass is 35.5. The molecule has 2 aliphatic rings. The number of benzene rings is 1. The lowest BCUT2D eigenvalue weighted by Gasteiger charge is -2.28. The summed E-state index contributed by atoms with van der Waals surface area (Å²) in [7, 11) is 3.63. The molecule has 0 saturated carbocycles. The number of amides is 1. The van der Waals surface area contributed by atoms with Gasteiger partial charge in [-0.15, -0.1) is 11.3 Å². The molecule has 2 aromatic rings. The van der Waals surface area contributed by atoms with Gasteiger partial charge in [0, 0.05) is 23.1 Å². The van der Waals surface area contributed by atoms with E-state index in [0.29, 0.717) is 10.6 Å². The van der Waals surface area contributed by atoms with E-state index in [-0.39, 0.29) is 17.4 Å². The maximum Gasteiger partial charge on any atom is 0.256 e. The van der Waals surface area contributed by atoms with Crippen LogP contribution in [0.3, 0.4) is 0 Å². The van der Waals surface area contributed by atoms with Gasteiger partial charge in [0.25, 0.3) is 5.91 Å².